The summed E-state index contributed by atoms with van der Waals surface area (Å²) < 4.78 is 13.8. The molecule has 1 unspecified atom stereocenters. The topological polar surface area (TPSA) is 52.6 Å². The lowest BCUT2D eigenvalue weighted by molar-refractivity contribution is 0.0731. The lowest BCUT2D eigenvalue weighted by Gasteiger charge is -2.27. The Labute approximate surface area is 105 Å². The van der Waals surface area contributed by atoms with Crippen molar-refractivity contribution in [3.05, 3.63) is 35.1 Å². The molecule has 1 aliphatic rings. The third-order valence-corrected chi connectivity index (χ3v) is 3.11. The first-order valence-corrected chi connectivity index (χ1v) is 6.07. The Balaban J connectivity index is 2.19. The summed E-state index contributed by atoms with van der Waals surface area (Å²) in [6, 6.07) is 4.25. The molecule has 0 saturated carbocycles. The Kier molecular flexibility index (Phi) is 3.93. The second kappa shape index (κ2) is 5.46. The van der Waals surface area contributed by atoms with Crippen LogP contribution in [0.3, 0.4) is 0 Å². The second-order valence-corrected chi connectivity index (χ2v) is 4.46. The number of piperazine rings is 1. The molecular weight excluding hydrogens is 235 g/mol. The minimum atomic E-state index is -0.733. The molecule has 2 rings (SSSR count). The van der Waals surface area contributed by atoms with Gasteiger partial charge in [-0.1, -0.05) is 6.07 Å². The van der Waals surface area contributed by atoms with Gasteiger partial charge in [0.1, 0.15) is 5.82 Å². The van der Waals surface area contributed by atoms with E-state index in [1.165, 1.54) is 12.1 Å². The third kappa shape index (κ3) is 2.68. The van der Waals surface area contributed by atoms with Gasteiger partial charge in [0.2, 0.25) is 0 Å². The lowest BCUT2D eigenvalue weighted by Crippen LogP contribution is -2.46. The molecule has 1 amide bonds. The van der Waals surface area contributed by atoms with E-state index in [0.29, 0.717) is 18.7 Å². The summed E-state index contributed by atoms with van der Waals surface area (Å²) in [4.78, 5) is 13.7. The Hall–Kier alpha value is -1.46. The minimum Gasteiger partial charge on any atom is -0.389 e. The van der Waals surface area contributed by atoms with Crippen molar-refractivity contribution in [3.63, 3.8) is 0 Å². The molecule has 18 heavy (non-hydrogen) atoms. The summed E-state index contributed by atoms with van der Waals surface area (Å²) in [6.07, 6.45) is -0.733. The normalized spacial score (nSPS) is 17.6. The fourth-order valence-electron chi connectivity index (χ4n) is 2.00. The standard InChI is InChI=1S/C13H17FN2O2/c1-9(17)10-2-3-11(12(14)8-10)13(18)16-6-4-15-5-7-16/h2-3,8-9,15,17H,4-7H2,1H3. The van der Waals surface area contributed by atoms with E-state index in [-0.39, 0.29) is 11.5 Å². The van der Waals surface area contributed by atoms with Gasteiger partial charge in [0, 0.05) is 26.2 Å². The molecule has 0 spiro atoms. The summed E-state index contributed by atoms with van der Waals surface area (Å²) in [6.45, 7) is 4.22. The van der Waals surface area contributed by atoms with Gasteiger partial charge in [-0.2, -0.15) is 0 Å². The maximum Gasteiger partial charge on any atom is 0.256 e. The van der Waals surface area contributed by atoms with Crippen LogP contribution in [-0.4, -0.2) is 42.1 Å². The van der Waals surface area contributed by atoms with Crippen molar-refractivity contribution in [3.8, 4) is 0 Å². The van der Waals surface area contributed by atoms with Crippen molar-refractivity contribution in [1.82, 2.24) is 10.2 Å². The van der Waals surface area contributed by atoms with Crippen molar-refractivity contribution < 1.29 is 14.3 Å². The molecule has 0 bridgehead atoms. The van der Waals surface area contributed by atoms with Crippen molar-refractivity contribution in [2.75, 3.05) is 26.2 Å². The summed E-state index contributed by atoms with van der Waals surface area (Å²) in [7, 11) is 0. The van der Waals surface area contributed by atoms with Gasteiger partial charge < -0.3 is 15.3 Å². The Bertz CT molecular complexity index is 443. The first kappa shape index (κ1) is 13.0. The maximum absolute atomic E-state index is 13.8. The number of hydrogen-bond donors (Lipinski definition) is 2. The van der Waals surface area contributed by atoms with E-state index in [4.69, 9.17) is 0 Å². The Morgan fingerprint density at radius 3 is 2.67 bits per heavy atom. The van der Waals surface area contributed by atoms with Gasteiger partial charge in [-0.25, -0.2) is 4.39 Å². The van der Waals surface area contributed by atoms with Gasteiger partial charge in [0.05, 0.1) is 11.7 Å². The molecule has 0 aromatic heterocycles. The predicted molar refractivity (Wildman–Crippen MR) is 65.8 cm³/mol. The highest BCUT2D eigenvalue weighted by atomic mass is 19.1. The zero-order chi connectivity index (χ0) is 13.1. The van der Waals surface area contributed by atoms with Gasteiger partial charge in [-0.3, -0.25) is 4.79 Å². The number of halogens is 1. The second-order valence-electron chi connectivity index (χ2n) is 4.46. The van der Waals surface area contributed by atoms with Crippen LogP contribution >= 0.6 is 0 Å². The van der Waals surface area contributed by atoms with E-state index in [1.807, 2.05) is 0 Å². The number of benzene rings is 1. The number of carbonyl (C=O) groups excluding carboxylic acids is 1. The number of aliphatic hydroxyl groups excluding tert-OH is 1. The number of hydrogen-bond acceptors (Lipinski definition) is 3. The highest BCUT2D eigenvalue weighted by Crippen LogP contribution is 2.18. The number of carbonyl (C=O) groups is 1. The van der Waals surface area contributed by atoms with Gasteiger partial charge in [0.15, 0.2) is 0 Å². The number of nitrogens with one attached hydrogen (secondary N) is 1. The molecular formula is C13H17FN2O2. The number of amides is 1. The van der Waals surface area contributed by atoms with Crippen LogP contribution in [-0.2, 0) is 0 Å². The van der Waals surface area contributed by atoms with Crippen LogP contribution in [0.5, 0.6) is 0 Å². The molecule has 1 saturated heterocycles. The van der Waals surface area contributed by atoms with E-state index >= 15 is 0 Å². The molecule has 1 aromatic rings. The monoisotopic (exact) mass is 252 g/mol. The first-order valence-electron chi connectivity index (χ1n) is 6.07. The molecule has 1 fully saturated rings. The SMILES string of the molecule is CC(O)c1ccc(C(=O)N2CCNCC2)c(F)c1. The van der Waals surface area contributed by atoms with Crippen molar-refractivity contribution >= 4 is 5.91 Å². The van der Waals surface area contributed by atoms with E-state index in [9.17, 15) is 14.3 Å². The lowest BCUT2D eigenvalue weighted by atomic mass is 10.1. The van der Waals surface area contributed by atoms with Gasteiger partial charge in [0.25, 0.3) is 5.91 Å². The van der Waals surface area contributed by atoms with Gasteiger partial charge >= 0.3 is 0 Å². The molecule has 1 atom stereocenters. The van der Waals surface area contributed by atoms with Crippen LogP contribution in [0.15, 0.2) is 18.2 Å². The van der Waals surface area contributed by atoms with Crippen molar-refractivity contribution in [2.45, 2.75) is 13.0 Å². The average molecular weight is 252 g/mol. The Morgan fingerprint density at radius 1 is 1.44 bits per heavy atom. The van der Waals surface area contributed by atoms with Crippen LogP contribution in [0.25, 0.3) is 0 Å². The molecule has 1 heterocycles. The molecule has 2 N–H and O–H groups in total. The smallest absolute Gasteiger partial charge is 0.256 e. The number of rotatable bonds is 2. The van der Waals surface area contributed by atoms with Crippen molar-refractivity contribution in [1.29, 1.82) is 0 Å². The van der Waals surface area contributed by atoms with Crippen LogP contribution in [0, 0.1) is 5.82 Å². The molecule has 1 aliphatic heterocycles. The van der Waals surface area contributed by atoms with Gasteiger partial charge in [-0.05, 0) is 24.6 Å². The highest BCUT2D eigenvalue weighted by molar-refractivity contribution is 5.94. The Morgan fingerprint density at radius 2 is 2.11 bits per heavy atom. The van der Waals surface area contributed by atoms with E-state index < -0.39 is 11.9 Å². The number of nitrogens with zero attached hydrogens (tertiary/aromatic N) is 1. The third-order valence-electron chi connectivity index (χ3n) is 3.11. The van der Waals surface area contributed by atoms with E-state index in [1.54, 1.807) is 17.9 Å². The average Bonchev–Trinajstić information content (AvgIpc) is 2.38. The zero-order valence-electron chi connectivity index (χ0n) is 10.3. The summed E-state index contributed by atoms with van der Waals surface area (Å²) in [5, 5.41) is 12.5. The van der Waals surface area contributed by atoms with E-state index in [2.05, 4.69) is 5.32 Å². The maximum atomic E-state index is 13.8. The molecule has 5 heteroatoms. The molecule has 0 aliphatic carbocycles. The summed E-state index contributed by atoms with van der Waals surface area (Å²) in [5.74, 6) is -0.858. The zero-order valence-corrected chi connectivity index (χ0v) is 10.3. The van der Waals surface area contributed by atoms with Gasteiger partial charge in [-0.15, -0.1) is 0 Å². The van der Waals surface area contributed by atoms with Crippen molar-refractivity contribution in [2.24, 2.45) is 0 Å². The quantitative estimate of drug-likeness (QED) is 0.823. The number of aliphatic hydroxyl groups is 1. The minimum absolute atomic E-state index is 0.0706. The summed E-state index contributed by atoms with van der Waals surface area (Å²) >= 11 is 0. The summed E-state index contributed by atoms with van der Waals surface area (Å²) in [5.41, 5.74) is 0.547. The first-order chi connectivity index (χ1) is 8.59. The van der Waals surface area contributed by atoms with E-state index in [0.717, 1.165) is 13.1 Å². The molecule has 1 aromatic carbocycles. The fourth-order valence-corrected chi connectivity index (χ4v) is 2.00. The van der Waals surface area contributed by atoms with Crippen LogP contribution < -0.4 is 5.32 Å². The largest absolute Gasteiger partial charge is 0.389 e. The fraction of sp³-hybridized carbons (Fsp3) is 0.462. The molecule has 4 nitrogen and oxygen atoms in total. The predicted octanol–water partition coefficient (Wildman–Crippen LogP) is 0.924. The highest BCUT2D eigenvalue weighted by Gasteiger charge is 2.21. The molecule has 98 valence electrons. The van der Waals surface area contributed by atoms with Crippen LogP contribution in [0.4, 0.5) is 4.39 Å². The van der Waals surface area contributed by atoms with Crippen LogP contribution in [0.1, 0.15) is 28.9 Å². The van der Waals surface area contributed by atoms with Crippen LogP contribution in [0.2, 0.25) is 0 Å². The molecule has 0 radical (unpaired) electrons.